The molecule has 0 unspecified atom stereocenters. The largest absolute Gasteiger partial charge is 2.00 e. The molecule has 0 amide bonds. The summed E-state index contributed by atoms with van der Waals surface area (Å²) in [6.45, 7) is 1.89. The smallest absolute Gasteiger partial charge is 0.786 e. The molecule has 0 aliphatic heterocycles. The Morgan fingerprint density at radius 1 is 1.31 bits per heavy atom. The molecule has 10 heteroatoms. The van der Waals surface area contributed by atoms with Crippen LogP contribution < -0.4 is 9.79 Å². The third kappa shape index (κ3) is 32.9. The zero-order chi connectivity index (χ0) is 10.6. The van der Waals surface area contributed by atoms with Crippen molar-refractivity contribution < 1.29 is 53.2 Å². The van der Waals surface area contributed by atoms with E-state index >= 15 is 0 Å². The molecule has 0 rings (SSSR count). The quantitative estimate of drug-likeness (QED) is 0.303. The van der Waals surface area contributed by atoms with Crippen LogP contribution in [0.3, 0.4) is 0 Å². The van der Waals surface area contributed by atoms with E-state index < -0.39 is 20.3 Å². The van der Waals surface area contributed by atoms with Crippen molar-refractivity contribution in [1.82, 2.24) is 0 Å². The zero-order valence-corrected chi connectivity index (χ0v) is 7.48. The van der Waals surface area contributed by atoms with Gasteiger partial charge in [-0.15, -0.1) is 0 Å². The van der Waals surface area contributed by atoms with E-state index in [1.165, 1.54) is 0 Å². The van der Waals surface area contributed by atoms with E-state index in [0.717, 1.165) is 0 Å². The Balaban J connectivity index is -0.000000150. The van der Waals surface area contributed by atoms with Crippen LogP contribution in [-0.4, -0.2) is 12.3 Å². The van der Waals surface area contributed by atoms with Crippen molar-refractivity contribution >= 4 is 7.91 Å². The summed E-state index contributed by atoms with van der Waals surface area (Å²) in [5, 5.41) is 0. The first-order valence-corrected chi connectivity index (χ1v) is 3.61. The molecule has 0 saturated heterocycles. The maximum absolute atomic E-state index is 11.0. The van der Waals surface area contributed by atoms with Gasteiger partial charge in [0.2, 0.25) is 0 Å². The van der Waals surface area contributed by atoms with Gasteiger partial charge in [0.05, 0.1) is 0 Å². The minimum atomic E-state index is -5.64. The van der Waals surface area contributed by atoms with Gasteiger partial charge in [-0.25, -0.2) is 21.8 Å². The summed E-state index contributed by atoms with van der Waals surface area (Å²) in [4.78, 5) is 16.9. The van der Waals surface area contributed by atoms with Gasteiger partial charge in [-0.3, -0.25) is 6.92 Å². The molecule has 0 saturated carbocycles. The summed E-state index contributed by atoms with van der Waals surface area (Å²) in [6, 6.07) is 0. The minimum Gasteiger partial charge on any atom is -0.786 e. The van der Waals surface area contributed by atoms with Crippen molar-refractivity contribution in [3.05, 3.63) is 6.92 Å². The monoisotopic (exact) mass is 276 g/mol. The van der Waals surface area contributed by atoms with Crippen LogP contribution in [0.25, 0.3) is 0 Å². The molecular formula is C3H3CuF5O3P-. The van der Waals surface area contributed by atoms with Crippen LogP contribution >= 0.6 is 7.91 Å². The molecule has 0 aromatic carbocycles. The summed E-state index contributed by atoms with van der Waals surface area (Å²) < 4.78 is 62.0. The Morgan fingerprint density at radius 2 is 1.38 bits per heavy atom. The molecule has 1 radical (unpaired) electrons. The molecule has 0 aromatic rings. The zero-order valence-electron chi connectivity index (χ0n) is 5.65. The third-order valence-electron chi connectivity index (χ3n) is 0.319. The molecule has 0 aromatic heterocycles. The summed E-state index contributed by atoms with van der Waals surface area (Å²) in [5.74, 6) is -4.08. The number of alkyl halides is 4. The van der Waals surface area contributed by atoms with E-state index in [1.807, 2.05) is 6.92 Å². The average Bonchev–Trinajstić information content (AvgIpc) is 1.55. The molecule has 0 atom stereocenters. The van der Waals surface area contributed by atoms with E-state index in [9.17, 15) is 21.8 Å². The van der Waals surface area contributed by atoms with E-state index in [-0.39, 0.29) is 17.1 Å². The molecule has 0 aliphatic rings. The molecule has 0 N–H and O–H groups in total. The Bertz CT molecular complexity index is 157. The van der Waals surface area contributed by atoms with E-state index in [2.05, 4.69) is 0 Å². The normalized spacial score (nSPS) is 11.5. The molecule has 3 nitrogen and oxygen atoms in total. The van der Waals surface area contributed by atoms with Gasteiger partial charge in [-0.2, -0.15) is 0 Å². The molecular weight excluding hydrogens is 274 g/mol. The van der Waals surface area contributed by atoms with Crippen LogP contribution in [-0.2, 0) is 21.6 Å². The van der Waals surface area contributed by atoms with Crippen LogP contribution in [0.4, 0.5) is 21.8 Å². The fourth-order valence-electron chi connectivity index (χ4n) is 0. The van der Waals surface area contributed by atoms with Gasteiger partial charge in [0.15, 0.2) is 5.92 Å². The maximum atomic E-state index is 11.0. The topological polar surface area (TPSA) is 63.2 Å². The van der Waals surface area contributed by atoms with Crippen molar-refractivity contribution in [2.45, 2.75) is 12.3 Å². The second-order valence-corrected chi connectivity index (χ2v) is 2.35. The van der Waals surface area contributed by atoms with E-state index in [0.29, 0.717) is 0 Å². The Morgan fingerprint density at radius 3 is 1.38 bits per heavy atom. The van der Waals surface area contributed by atoms with Crippen molar-refractivity contribution in [2.24, 2.45) is 0 Å². The second kappa shape index (κ2) is 6.73. The first-order valence-electron chi connectivity index (χ1n) is 2.17. The average molecular weight is 277 g/mol. The van der Waals surface area contributed by atoms with Crippen molar-refractivity contribution in [3.63, 3.8) is 0 Å². The van der Waals surface area contributed by atoms with Crippen LogP contribution in [0.1, 0.15) is 0 Å². The van der Waals surface area contributed by atoms with Crippen molar-refractivity contribution in [3.8, 4) is 0 Å². The second-order valence-electron chi connectivity index (χ2n) is 1.49. The van der Waals surface area contributed by atoms with E-state index in [4.69, 9.17) is 14.4 Å². The molecule has 0 aliphatic carbocycles. The first kappa shape index (κ1) is 19.0. The maximum Gasteiger partial charge on any atom is 2.00 e. The fraction of sp³-hybridized carbons (Fsp3) is 0.667. The first-order chi connectivity index (χ1) is 4.94. The third-order valence-corrected chi connectivity index (χ3v) is 0.319. The van der Waals surface area contributed by atoms with E-state index in [1.54, 1.807) is 0 Å². The molecule has 0 fully saturated rings. The van der Waals surface area contributed by atoms with Gasteiger partial charge >= 0.3 is 17.1 Å². The Hall–Kier alpha value is 0.319. The summed E-state index contributed by atoms with van der Waals surface area (Å²) in [5.41, 5.74) is 0. The van der Waals surface area contributed by atoms with Crippen molar-refractivity contribution in [2.75, 3.05) is 0 Å². The number of rotatable bonds is 1. The molecule has 85 valence electrons. The van der Waals surface area contributed by atoms with Crippen LogP contribution in [0.15, 0.2) is 0 Å². The van der Waals surface area contributed by atoms with Crippen LogP contribution in [0.5, 0.6) is 0 Å². The van der Waals surface area contributed by atoms with Gasteiger partial charge in [0.25, 0.3) is 6.43 Å². The SMILES string of the molecule is O=P([O-])([O-])F.[CH2-]C(F)(F)C(F)F.[Cu+2]. The van der Waals surface area contributed by atoms with Gasteiger partial charge in [-0.05, 0) is 0 Å². The van der Waals surface area contributed by atoms with Crippen LogP contribution in [0, 0.1) is 6.92 Å². The predicted molar refractivity (Wildman–Crippen MR) is 25.0 cm³/mol. The van der Waals surface area contributed by atoms with Gasteiger partial charge in [0, 0.05) is 0 Å². The molecule has 0 heterocycles. The number of halogens is 5. The summed E-state index contributed by atoms with van der Waals surface area (Å²) in [7, 11) is -5.64. The van der Waals surface area contributed by atoms with Gasteiger partial charge < -0.3 is 14.4 Å². The number of hydrogen-bond acceptors (Lipinski definition) is 3. The van der Waals surface area contributed by atoms with Crippen molar-refractivity contribution in [1.29, 1.82) is 0 Å². The molecule has 0 bridgehead atoms. The minimum absolute atomic E-state index is 0. The summed E-state index contributed by atoms with van der Waals surface area (Å²) in [6.07, 6.45) is -3.65. The molecule has 13 heavy (non-hydrogen) atoms. The standard InChI is InChI=1S/C3H3F4.Cu.FH2O3P/c1-3(6,7)2(4)5;;1-5(2,3)4/h2H,1H2;;(H2,2,3,4)/q-1;+2;/p-2. The van der Waals surface area contributed by atoms with Crippen LogP contribution in [0.2, 0.25) is 0 Å². The number of hydrogen-bond donors (Lipinski definition) is 0. The predicted octanol–water partition coefficient (Wildman–Crippen LogP) is 0.503. The van der Waals surface area contributed by atoms with Gasteiger partial charge in [0.1, 0.15) is 7.91 Å². The van der Waals surface area contributed by atoms with Gasteiger partial charge in [-0.1, -0.05) is 0 Å². The fourth-order valence-corrected chi connectivity index (χ4v) is 0. The Kier molecular flexibility index (Phi) is 9.82. The molecule has 0 spiro atoms. The summed E-state index contributed by atoms with van der Waals surface area (Å²) >= 11 is 0. The Labute approximate surface area is 81.1 Å².